The SMILES string of the molecule is CCOc1ccc(C2=NC(CC3CCCC3)C(c3ccc(Cl)cc3)N2C(=O)N2CCC(N3CCCC3)CC2)c(OCC)c1.O=C(O)C(F)(F)F. The summed E-state index contributed by atoms with van der Waals surface area (Å²) in [6.07, 6.45) is 5.55. The van der Waals surface area contributed by atoms with Crippen LogP contribution in [-0.4, -0.2) is 95.3 Å². The number of carbonyl (C=O) groups excluding carboxylic acids is 1. The molecule has 2 saturated heterocycles. The first-order valence-electron chi connectivity index (χ1n) is 17.9. The van der Waals surface area contributed by atoms with Gasteiger partial charge in [-0.25, -0.2) is 9.59 Å². The van der Waals surface area contributed by atoms with Gasteiger partial charge < -0.3 is 24.4 Å². The Morgan fingerprint density at radius 3 is 2.10 bits per heavy atom. The summed E-state index contributed by atoms with van der Waals surface area (Å²) in [7, 11) is 0. The molecule has 2 atom stereocenters. The molecule has 1 aliphatic carbocycles. The average molecular weight is 721 g/mol. The third-order valence-electron chi connectivity index (χ3n) is 10.1. The predicted octanol–water partition coefficient (Wildman–Crippen LogP) is 8.20. The maximum Gasteiger partial charge on any atom is 0.490 e. The van der Waals surface area contributed by atoms with Crippen LogP contribution < -0.4 is 9.47 Å². The minimum Gasteiger partial charge on any atom is -0.494 e. The maximum atomic E-state index is 14.7. The Hall–Kier alpha value is -3.51. The first-order chi connectivity index (χ1) is 24.0. The molecule has 4 aliphatic rings. The molecule has 13 heteroatoms. The first-order valence-corrected chi connectivity index (χ1v) is 18.2. The van der Waals surface area contributed by atoms with Crippen molar-refractivity contribution < 1.29 is 37.3 Å². The summed E-state index contributed by atoms with van der Waals surface area (Å²) in [6, 6.07) is 14.4. The van der Waals surface area contributed by atoms with Gasteiger partial charge in [0, 0.05) is 30.2 Å². The van der Waals surface area contributed by atoms with Crippen molar-refractivity contribution in [1.29, 1.82) is 0 Å². The largest absolute Gasteiger partial charge is 0.494 e. The van der Waals surface area contributed by atoms with E-state index in [0.717, 1.165) is 49.2 Å². The van der Waals surface area contributed by atoms with Gasteiger partial charge in [-0.2, -0.15) is 13.2 Å². The third-order valence-corrected chi connectivity index (χ3v) is 10.3. The molecular weight excluding hydrogens is 673 g/mol. The molecule has 1 saturated carbocycles. The second-order valence-corrected chi connectivity index (χ2v) is 13.8. The number of aliphatic imine (C=N–C) groups is 1. The molecule has 2 amide bonds. The number of carbonyl (C=O) groups is 2. The monoisotopic (exact) mass is 720 g/mol. The summed E-state index contributed by atoms with van der Waals surface area (Å²) in [6.45, 7) is 8.99. The highest BCUT2D eigenvalue weighted by Gasteiger charge is 2.45. The summed E-state index contributed by atoms with van der Waals surface area (Å²) in [5, 5.41) is 7.82. The quantitative estimate of drug-likeness (QED) is 0.281. The highest BCUT2D eigenvalue weighted by Crippen LogP contribution is 2.43. The molecule has 0 aromatic heterocycles. The van der Waals surface area contributed by atoms with Crippen LogP contribution in [0.5, 0.6) is 11.5 Å². The molecule has 0 radical (unpaired) electrons. The van der Waals surface area contributed by atoms with Gasteiger partial charge in [-0.1, -0.05) is 49.4 Å². The number of nitrogens with zero attached hydrogens (tertiary/aromatic N) is 4. The Balaban J connectivity index is 0.000000630. The molecule has 0 spiro atoms. The Kier molecular flexibility index (Phi) is 12.9. The van der Waals surface area contributed by atoms with Gasteiger partial charge in [0.1, 0.15) is 17.3 Å². The zero-order valence-electron chi connectivity index (χ0n) is 28.8. The van der Waals surface area contributed by atoms with Crippen molar-refractivity contribution >= 4 is 29.4 Å². The second-order valence-electron chi connectivity index (χ2n) is 13.3. The van der Waals surface area contributed by atoms with Crippen molar-refractivity contribution in [3.05, 3.63) is 58.6 Å². The second kappa shape index (κ2) is 17.1. The predicted molar refractivity (Wildman–Crippen MR) is 186 cm³/mol. The Morgan fingerprint density at radius 1 is 0.900 bits per heavy atom. The van der Waals surface area contributed by atoms with Crippen molar-refractivity contribution in [3.63, 3.8) is 0 Å². The molecule has 50 heavy (non-hydrogen) atoms. The molecule has 3 heterocycles. The van der Waals surface area contributed by atoms with Crippen LogP contribution in [0.1, 0.15) is 88.8 Å². The fourth-order valence-electron chi connectivity index (χ4n) is 7.70. The number of urea groups is 1. The summed E-state index contributed by atoms with van der Waals surface area (Å²) in [4.78, 5) is 35.8. The lowest BCUT2D eigenvalue weighted by Crippen LogP contribution is -2.52. The van der Waals surface area contributed by atoms with Crippen LogP contribution in [0.25, 0.3) is 0 Å². The molecule has 9 nitrogen and oxygen atoms in total. The van der Waals surface area contributed by atoms with Crippen LogP contribution in [0.4, 0.5) is 18.0 Å². The number of halogens is 4. The van der Waals surface area contributed by atoms with E-state index in [-0.39, 0.29) is 18.1 Å². The van der Waals surface area contributed by atoms with Gasteiger partial charge in [-0.15, -0.1) is 0 Å². The number of hydrogen-bond acceptors (Lipinski definition) is 6. The van der Waals surface area contributed by atoms with E-state index >= 15 is 0 Å². The van der Waals surface area contributed by atoms with Crippen molar-refractivity contribution in [1.82, 2.24) is 14.7 Å². The van der Waals surface area contributed by atoms with E-state index in [1.165, 1.54) is 51.6 Å². The Bertz CT molecular complexity index is 1470. The molecule has 0 bridgehead atoms. The zero-order valence-corrected chi connectivity index (χ0v) is 29.6. The van der Waals surface area contributed by atoms with E-state index in [2.05, 4.69) is 21.9 Å². The number of amidine groups is 1. The number of alkyl halides is 3. The van der Waals surface area contributed by atoms with E-state index in [0.29, 0.717) is 41.8 Å². The van der Waals surface area contributed by atoms with Crippen LogP contribution in [0.15, 0.2) is 47.5 Å². The molecule has 2 aromatic carbocycles. The summed E-state index contributed by atoms with van der Waals surface area (Å²) in [5.74, 6) is 0.0393. The normalized spacial score (nSPS) is 21.9. The lowest BCUT2D eigenvalue weighted by molar-refractivity contribution is -0.192. The van der Waals surface area contributed by atoms with Gasteiger partial charge in [0.2, 0.25) is 0 Å². The number of aliphatic carboxylic acids is 1. The lowest BCUT2D eigenvalue weighted by Gasteiger charge is -2.40. The van der Waals surface area contributed by atoms with Crippen molar-refractivity contribution in [3.8, 4) is 11.5 Å². The minimum atomic E-state index is -5.08. The molecule has 274 valence electrons. The molecule has 3 fully saturated rings. The van der Waals surface area contributed by atoms with Gasteiger partial charge in [-0.3, -0.25) is 9.89 Å². The number of amides is 2. The molecule has 3 aliphatic heterocycles. The van der Waals surface area contributed by atoms with Gasteiger partial charge in [-0.05, 0) is 94.8 Å². The number of carboxylic acid groups (broad SMARTS) is 1. The first kappa shape index (κ1) is 37.7. The van der Waals surface area contributed by atoms with E-state index < -0.39 is 12.1 Å². The van der Waals surface area contributed by atoms with Crippen molar-refractivity contribution in [2.24, 2.45) is 10.9 Å². The Labute approximate surface area is 297 Å². The number of hydrogen-bond donors (Lipinski definition) is 1. The van der Waals surface area contributed by atoms with Crippen LogP contribution in [0, 0.1) is 5.92 Å². The summed E-state index contributed by atoms with van der Waals surface area (Å²) < 4.78 is 43.7. The Morgan fingerprint density at radius 2 is 1.52 bits per heavy atom. The topological polar surface area (TPSA) is 94.9 Å². The van der Waals surface area contributed by atoms with Crippen LogP contribution in [-0.2, 0) is 4.79 Å². The molecule has 2 unspecified atom stereocenters. The van der Waals surface area contributed by atoms with E-state index in [1.54, 1.807) is 0 Å². The number of benzene rings is 2. The smallest absolute Gasteiger partial charge is 0.490 e. The molecule has 2 aromatic rings. The van der Waals surface area contributed by atoms with Gasteiger partial charge in [0.25, 0.3) is 0 Å². The van der Waals surface area contributed by atoms with E-state index in [9.17, 15) is 18.0 Å². The van der Waals surface area contributed by atoms with Gasteiger partial charge >= 0.3 is 18.2 Å². The fourth-order valence-corrected chi connectivity index (χ4v) is 7.83. The average Bonchev–Trinajstić information content (AvgIpc) is 3.88. The lowest BCUT2D eigenvalue weighted by atomic mass is 9.90. The summed E-state index contributed by atoms with van der Waals surface area (Å²) >= 11 is 6.35. The zero-order chi connectivity index (χ0) is 35.8. The van der Waals surface area contributed by atoms with Crippen LogP contribution in [0.3, 0.4) is 0 Å². The van der Waals surface area contributed by atoms with E-state index in [1.807, 2.05) is 49.1 Å². The molecule has 6 rings (SSSR count). The molecule has 1 N–H and O–H groups in total. The molecular formula is C37H48ClF3N4O5. The van der Waals surface area contributed by atoms with Crippen molar-refractivity contribution in [2.75, 3.05) is 39.4 Å². The standard InChI is InChI=1S/C35H47ClN4O3.C2HF3O2/c1-3-42-29-15-16-30(32(24-29)43-4-2)34-37-31(23-25-9-5-6-10-25)33(26-11-13-27(36)14-12-26)40(34)35(41)39-21-17-28(18-22-39)38-19-7-8-20-38;3-2(4,5)1(6)7/h11-16,24-25,28,31,33H,3-10,17-23H2,1-2H3;(H,6,7). The number of ether oxygens (including phenoxy) is 2. The number of rotatable bonds is 9. The number of piperidine rings is 1. The van der Waals surface area contributed by atoms with Gasteiger partial charge in [0.15, 0.2) is 0 Å². The fraction of sp³-hybridized carbons (Fsp3) is 0.595. The van der Waals surface area contributed by atoms with Gasteiger partial charge in [0.05, 0.1) is 30.9 Å². The summed E-state index contributed by atoms with van der Waals surface area (Å²) in [5.41, 5.74) is 1.92. The van der Waals surface area contributed by atoms with E-state index in [4.69, 9.17) is 36.0 Å². The minimum absolute atomic E-state index is 0.0357. The maximum absolute atomic E-state index is 14.7. The number of likely N-dealkylation sites (tertiary alicyclic amines) is 2. The highest BCUT2D eigenvalue weighted by molar-refractivity contribution is 6.30. The number of carboxylic acids is 1. The highest BCUT2D eigenvalue weighted by atomic mass is 35.5. The van der Waals surface area contributed by atoms with Crippen LogP contribution >= 0.6 is 11.6 Å². The third kappa shape index (κ3) is 9.23. The van der Waals surface area contributed by atoms with Crippen molar-refractivity contribution in [2.45, 2.75) is 95.9 Å². The van der Waals surface area contributed by atoms with Crippen LogP contribution in [0.2, 0.25) is 5.02 Å².